The normalized spacial score (nSPS) is 14.2. The van der Waals surface area contributed by atoms with Gasteiger partial charge in [-0.2, -0.15) is 30.7 Å². The van der Waals surface area contributed by atoms with Gasteiger partial charge in [0.1, 0.15) is 18.8 Å². The molecule has 0 saturated carbocycles. The van der Waals surface area contributed by atoms with E-state index in [-0.39, 0.29) is 32.0 Å². The van der Waals surface area contributed by atoms with E-state index in [1.165, 1.54) is 6.92 Å². The lowest BCUT2D eigenvalue weighted by atomic mass is 9.98. The monoisotopic (exact) mass is 530 g/mol. The highest BCUT2D eigenvalue weighted by Gasteiger charge is 2.66. The second kappa shape index (κ2) is 14.3. The van der Waals surface area contributed by atoms with Crippen molar-refractivity contribution in [2.24, 2.45) is 0 Å². The molecule has 0 spiro atoms. The molecule has 35 heavy (non-hydrogen) atoms. The molecular formula is C20H26F8O7. The Morgan fingerprint density at radius 2 is 1.43 bits per heavy atom. The molecule has 0 bridgehead atoms. The van der Waals surface area contributed by atoms with Crippen LogP contribution in [0.1, 0.15) is 20.3 Å². The third-order valence-electron chi connectivity index (χ3n) is 3.87. The molecular weight excluding hydrogens is 504 g/mol. The minimum Gasteiger partial charge on any atom is -0.460 e. The van der Waals surface area contributed by atoms with Crippen LogP contribution in [0.5, 0.6) is 0 Å². The maximum atomic E-state index is 13.8. The lowest BCUT2D eigenvalue weighted by Gasteiger charge is -2.30. The molecule has 7 nitrogen and oxygen atoms in total. The van der Waals surface area contributed by atoms with Gasteiger partial charge in [-0.3, -0.25) is 0 Å². The van der Waals surface area contributed by atoms with Gasteiger partial charge in [-0.1, -0.05) is 13.2 Å². The smallest absolute Gasteiger partial charge is 0.392 e. The summed E-state index contributed by atoms with van der Waals surface area (Å²) in [4.78, 5) is 23.0. The van der Waals surface area contributed by atoms with Gasteiger partial charge in [0.05, 0.1) is 26.2 Å². The highest BCUT2D eigenvalue weighted by molar-refractivity contribution is 5.90. The first-order valence-corrected chi connectivity index (χ1v) is 9.93. The number of hydrogen-bond donors (Lipinski definition) is 0. The van der Waals surface area contributed by atoms with Crippen molar-refractivity contribution in [3.05, 3.63) is 24.3 Å². The Morgan fingerprint density at radius 1 is 0.886 bits per heavy atom. The van der Waals surface area contributed by atoms with E-state index in [1.54, 1.807) is 6.92 Å². The van der Waals surface area contributed by atoms with Crippen molar-refractivity contribution < 1.29 is 68.4 Å². The molecule has 0 aromatic carbocycles. The Kier molecular flexibility index (Phi) is 13.4. The van der Waals surface area contributed by atoms with Crippen molar-refractivity contribution in [3.8, 4) is 0 Å². The second-order valence-corrected chi connectivity index (χ2v) is 6.86. The minimum absolute atomic E-state index is 0.0732. The summed E-state index contributed by atoms with van der Waals surface area (Å²) in [7, 11) is 0. The topological polar surface area (TPSA) is 80.3 Å². The van der Waals surface area contributed by atoms with Crippen LogP contribution in [-0.4, -0.2) is 82.1 Å². The maximum absolute atomic E-state index is 13.8. The van der Waals surface area contributed by atoms with Crippen molar-refractivity contribution in [1.82, 2.24) is 0 Å². The summed E-state index contributed by atoms with van der Waals surface area (Å²) in [5.41, 5.74) is -2.08. The second-order valence-electron chi connectivity index (χ2n) is 6.86. The van der Waals surface area contributed by atoms with Crippen molar-refractivity contribution in [2.45, 2.75) is 50.8 Å². The van der Waals surface area contributed by atoms with Crippen LogP contribution in [0.3, 0.4) is 0 Å². The predicted molar refractivity (Wildman–Crippen MR) is 104 cm³/mol. The summed E-state index contributed by atoms with van der Waals surface area (Å²) in [5, 5.41) is 0. The van der Waals surface area contributed by atoms with E-state index in [4.69, 9.17) is 18.9 Å². The molecule has 0 heterocycles. The van der Waals surface area contributed by atoms with E-state index in [0.29, 0.717) is 0 Å². The summed E-state index contributed by atoms with van der Waals surface area (Å²) in [5.74, 6) is -14.3. The van der Waals surface area contributed by atoms with E-state index in [0.717, 1.165) is 0 Å². The Balaban J connectivity index is 4.41. The van der Waals surface area contributed by atoms with E-state index in [1.807, 2.05) is 0 Å². The predicted octanol–water partition coefficient (Wildman–Crippen LogP) is 4.16. The number of hydrogen-bond acceptors (Lipinski definition) is 7. The molecule has 0 saturated heterocycles. The fraction of sp³-hybridized carbons (Fsp3) is 0.700. The van der Waals surface area contributed by atoms with Crippen LogP contribution in [0.15, 0.2) is 24.3 Å². The molecule has 0 radical (unpaired) electrons. The van der Waals surface area contributed by atoms with E-state index in [9.17, 15) is 44.7 Å². The Hall–Kier alpha value is -2.26. The molecule has 0 rings (SSSR count). The number of carbonyl (C=O) groups is 2. The quantitative estimate of drug-likeness (QED) is 0.0919. The summed E-state index contributed by atoms with van der Waals surface area (Å²) in [6.45, 7) is 7.60. The largest absolute Gasteiger partial charge is 0.460 e. The van der Waals surface area contributed by atoms with Crippen molar-refractivity contribution in [2.75, 3.05) is 39.6 Å². The number of rotatable bonds is 17. The molecule has 0 aliphatic heterocycles. The highest BCUT2D eigenvalue weighted by Crippen LogP contribution is 2.45. The maximum Gasteiger partial charge on any atom is 0.392 e. The first-order valence-electron chi connectivity index (χ1n) is 9.93. The zero-order valence-electron chi connectivity index (χ0n) is 18.9. The Morgan fingerprint density at radius 3 is 1.94 bits per heavy atom. The zero-order valence-corrected chi connectivity index (χ0v) is 18.9. The van der Waals surface area contributed by atoms with Crippen LogP contribution in [0.25, 0.3) is 0 Å². The lowest BCUT2D eigenvalue weighted by Crippen LogP contribution is -2.51. The van der Waals surface area contributed by atoms with Gasteiger partial charge in [-0.15, -0.1) is 0 Å². The molecule has 0 aromatic heterocycles. The van der Waals surface area contributed by atoms with Gasteiger partial charge in [0.2, 0.25) is 6.29 Å². The molecule has 0 fully saturated rings. The molecule has 204 valence electrons. The van der Waals surface area contributed by atoms with Crippen LogP contribution in [0.2, 0.25) is 0 Å². The summed E-state index contributed by atoms with van der Waals surface area (Å²) < 4.78 is 129. The van der Waals surface area contributed by atoms with Crippen molar-refractivity contribution >= 4 is 11.9 Å². The Labute approximate surface area is 196 Å². The Bertz CT molecular complexity index is 725. The summed E-state index contributed by atoms with van der Waals surface area (Å²) in [6, 6.07) is 0. The number of carbonyl (C=O) groups excluding carboxylic acids is 2. The van der Waals surface area contributed by atoms with Crippen molar-refractivity contribution in [3.63, 3.8) is 0 Å². The SMILES string of the molecule is C=C(C)C(=O)OC(COCCOCCOC(=O)C(=C)C(F)(F)C(F)(F)C(F)CC(F)(F)F)OCC. The molecule has 0 aliphatic carbocycles. The summed E-state index contributed by atoms with van der Waals surface area (Å²) >= 11 is 0. The standard InChI is InChI=1S/C20H26F8O7/c1-5-33-15(35-16(29)12(2)3)11-32-7-6-31-8-9-34-17(30)13(4)19(25,26)20(27,28)14(21)10-18(22,23)24/h14-15H,2,4-11H2,1,3H3. The molecule has 2 atom stereocenters. The lowest BCUT2D eigenvalue weighted by molar-refractivity contribution is -0.243. The van der Waals surface area contributed by atoms with Gasteiger partial charge in [-0.25, -0.2) is 14.0 Å². The molecule has 15 heteroatoms. The molecule has 0 aliphatic rings. The molecule has 0 amide bonds. The van der Waals surface area contributed by atoms with Gasteiger partial charge in [0.15, 0.2) is 6.17 Å². The van der Waals surface area contributed by atoms with Gasteiger partial charge >= 0.3 is 30.0 Å². The minimum atomic E-state index is -5.87. The van der Waals surface area contributed by atoms with E-state index < -0.39 is 67.6 Å². The van der Waals surface area contributed by atoms with Crippen LogP contribution < -0.4 is 0 Å². The van der Waals surface area contributed by atoms with Crippen LogP contribution in [-0.2, 0) is 33.3 Å². The fourth-order valence-electron chi connectivity index (χ4n) is 2.06. The molecule has 0 aromatic rings. The van der Waals surface area contributed by atoms with Gasteiger partial charge < -0.3 is 23.7 Å². The highest BCUT2D eigenvalue weighted by atomic mass is 19.4. The third-order valence-corrected chi connectivity index (χ3v) is 3.87. The van der Waals surface area contributed by atoms with Gasteiger partial charge in [-0.05, 0) is 13.8 Å². The average Bonchev–Trinajstić information content (AvgIpc) is 2.73. The van der Waals surface area contributed by atoms with E-state index >= 15 is 0 Å². The average molecular weight is 530 g/mol. The number of ether oxygens (including phenoxy) is 5. The van der Waals surface area contributed by atoms with Gasteiger partial charge in [0, 0.05) is 12.2 Å². The third kappa shape index (κ3) is 11.3. The number of esters is 2. The molecule has 0 N–H and O–H groups in total. The van der Waals surface area contributed by atoms with E-state index in [2.05, 4.69) is 17.9 Å². The number of halogens is 8. The first kappa shape index (κ1) is 32.7. The fourth-order valence-corrected chi connectivity index (χ4v) is 2.06. The molecule has 2 unspecified atom stereocenters. The summed E-state index contributed by atoms with van der Waals surface area (Å²) in [6.07, 6.45) is -13.7. The number of alkyl halides is 8. The van der Waals surface area contributed by atoms with Crippen LogP contribution >= 0.6 is 0 Å². The first-order chi connectivity index (χ1) is 16.0. The van der Waals surface area contributed by atoms with Crippen LogP contribution in [0, 0.1) is 0 Å². The van der Waals surface area contributed by atoms with Crippen LogP contribution in [0.4, 0.5) is 35.1 Å². The zero-order chi connectivity index (χ0) is 27.4. The van der Waals surface area contributed by atoms with Gasteiger partial charge in [0.25, 0.3) is 0 Å². The van der Waals surface area contributed by atoms with Crippen molar-refractivity contribution in [1.29, 1.82) is 0 Å².